The molecule has 1 aromatic heterocycles. The average Bonchev–Trinajstić information content (AvgIpc) is 2.93. The van der Waals surface area contributed by atoms with Crippen molar-refractivity contribution in [3.63, 3.8) is 0 Å². The lowest BCUT2D eigenvalue weighted by atomic mass is 10.0. The Bertz CT molecular complexity index is 735. The van der Waals surface area contributed by atoms with E-state index in [0.717, 1.165) is 41.5 Å². The molecule has 0 aliphatic carbocycles. The van der Waals surface area contributed by atoms with Crippen LogP contribution in [-0.4, -0.2) is 34.3 Å². The maximum Gasteiger partial charge on any atom is 0.247 e. The van der Waals surface area contributed by atoms with E-state index in [2.05, 4.69) is 16.4 Å². The summed E-state index contributed by atoms with van der Waals surface area (Å²) in [5.74, 6) is -0.0281. The molecule has 1 aliphatic rings. The van der Waals surface area contributed by atoms with Crippen molar-refractivity contribution in [2.45, 2.75) is 45.6 Å². The quantitative estimate of drug-likeness (QED) is 0.914. The van der Waals surface area contributed by atoms with Gasteiger partial charge < -0.3 is 15.2 Å². The van der Waals surface area contributed by atoms with Gasteiger partial charge in [0.2, 0.25) is 11.8 Å². The highest BCUT2D eigenvalue weighted by atomic mass is 16.2. The monoisotopic (exact) mass is 313 g/mol. The van der Waals surface area contributed by atoms with E-state index in [1.165, 1.54) is 0 Å². The molecule has 122 valence electrons. The topological polar surface area (TPSA) is 65.2 Å². The minimum atomic E-state index is -0.347. The fraction of sp³-hybridized carbons (Fsp3) is 0.444. The summed E-state index contributed by atoms with van der Waals surface area (Å²) in [6.07, 6.45) is 3.15. The van der Waals surface area contributed by atoms with Crippen molar-refractivity contribution in [1.29, 1.82) is 0 Å². The van der Waals surface area contributed by atoms with Gasteiger partial charge in [0.25, 0.3) is 0 Å². The molecule has 5 heteroatoms. The Labute approximate surface area is 136 Å². The highest BCUT2D eigenvalue weighted by Gasteiger charge is 2.31. The third-order valence-electron chi connectivity index (χ3n) is 4.45. The molecule has 1 fully saturated rings. The predicted molar refractivity (Wildman–Crippen MR) is 91.3 cm³/mol. The number of likely N-dealkylation sites (tertiary alicyclic amines) is 1. The van der Waals surface area contributed by atoms with Crippen LogP contribution in [0.3, 0.4) is 0 Å². The van der Waals surface area contributed by atoms with Gasteiger partial charge in [0.1, 0.15) is 6.04 Å². The Morgan fingerprint density at radius 3 is 2.91 bits per heavy atom. The molecular weight excluding hydrogens is 290 g/mol. The smallest absolute Gasteiger partial charge is 0.247 e. The summed E-state index contributed by atoms with van der Waals surface area (Å²) in [6.45, 7) is 4.53. The lowest BCUT2D eigenvalue weighted by Gasteiger charge is -2.34. The number of rotatable bonds is 3. The molecule has 1 aliphatic heterocycles. The fourth-order valence-corrected chi connectivity index (χ4v) is 3.29. The Balaban J connectivity index is 1.76. The van der Waals surface area contributed by atoms with Crippen LogP contribution in [0.1, 0.15) is 38.3 Å². The van der Waals surface area contributed by atoms with Crippen molar-refractivity contribution < 1.29 is 9.59 Å². The van der Waals surface area contributed by atoms with Crippen molar-refractivity contribution in [2.24, 2.45) is 0 Å². The molecule has 0 saturated carbocycles. The number of aromatic nitrogens is 1. The fourth-order valence-electron chi connectivity index (χ4n) is 3.29. The van der Waals surface area contributed by atoms with Gasteiger partial charge in [-0.2, -0.15) is 0 Å². The number of anilines is 1. The summed E-state index contributed by atoms with van der Waals surface area (Å²) in [5, 5.41) is 4.05. The Kier molecular flexibility index (Phi) is 4.37. The molecule has 0 radical (unpaired) electrons. The first-order valence-corrected chi connectivity index (χ1v) is 8.28. The molecule has 0 bridgehead atoms. The number of amides is 2. The number of carbonyl (C=O) groups is 2. The summed E-state index contributed by atoms with van der Waals surface area (Å²) in [5.41, 5.74) is 2.92. The van der Waals surface area contributed by atoms with E-state index in [4.69, 9.17) is 0 Å². The van der Waals surface area contributed by atoms with E-state index in [1.54, 1.807) is 4.90 Å². The first kappa shape index (κ1) is 15.6. The largest absolute Gasteiger partial charge is 0.359 e. The van der Waals surface area contributed by atoms with E-state index in [0.29, 0.717) is 13.0 Å². The van der Waals surface area contributed by atoms with E-state index < -0.39 is 0 Å². The summed E-state index contributed by atoms with van der Waals surface area (Å²) in [4.78, 5) is 29.7. The summed E-state index contributed by atoms with van der Waals surface area (Å²) in [7, 11) is 0. The van der Waals surface area contributed by atoms with Crippen molar-refractivity contribution in [2.75, 3.05) is 11.9 Å². The molecule has 23 heavy (non-hydrogen) atoms. The van der Waals surface area contributed by atoms with Gasteiger partial charge in [-0.05, 0) is 50.5 Å². The number of carbonyl (C=O) groups excluding carboxylic acids is 2. The minimum absolute atomic E-state index is 0.0570. The Morgan fingerprint density at radius 2 is 2.13 bits per heavy atom. The number of nitrogens with one attached hydrogen (secondary N) is 2. The molecule has 2 heterocycles. The Hall–Kier alpha value is -2.30. The Morgan fingerprint density at radius 1 is 1.30 bits per heavy atom. The zero-order chi connectivity index (χ0) is 16.4. The van der Waals surface area contributed by atoms with E-state index in [9.17, 15) is 9.59 Å². The number of nitrogens with zero attached hydrogens (tertiary/aromatic N) is 1. The third kappa shape index (κ3) is 3.23. The van der Waals surface area contributed by atoms with Crippen LogP contribution in [0.15, 0.2) is 24.3 Å². The number of benzene rings is 1. The summed E-state index contributed by atoms with van der Waals surface area (Å²) >= 11 is 0. The number of hydrogen-bond acceptors (Lipinski definition) is 2. The normalized spacial score (nSPS) is 18.2. The molecule has 0 spiro atoms. The second-order valence-electron chi connectivity index (χ2n) is 6.20. The number of fused-ring (bicyclic) bond motifs is 1. The predicted octanol–water partition coefficient (Wildman–Crippen LogP) is 3.21. The van der Waals surface area contributed by atoms with Crippen LogP contribution in [0.5, 0.6) is 0 Å². The molecule has 1 atom stereocenters. The molecule has 1 aromatic carbocycles. The molecule has 1 saturated heterocycles. The van der Waals surface area contributed by atoms with E-state index in [1.807, 2.05) is 32.0 Å². The van der Waals surface area contributed by atoms with E-state index >= 15 is 0 Å². The maximum atomic E-state index is 12.6. The van der Waals surface area contributed by atoms with Gasteiger partial charge in [-0.1, -0.05) is 6.92 Å². The van der Waals surface area contributed by atoms with Crippen LogP contribution in [0.4, 0.5) is 5.69 Å². The molecule has 5 nitrogen and oxygen atoms in total. The molecule has 2 amide bonds. The first-order valence-electron chi connectivity index (χ1n) is 8.28. The summed E-state index contributed by atoms with van der Waals surface area (Å²) in [6, 6.07) is 7.53. The van der Waals surface area contributed by atoms with Gasteiger partial charge in [0.15, 0.2) is 0 Å². The van der Waals surface area contributed by atoms with Gasteiger partial charge in [0.05, 0.1) is 0 Å². The third-order valence-corrected chi connectivity index (χ3v) is 4.45. The standard InChI is InChI=1S/C18H23N3O2/c1-3-17(22)21-9-5-4-6-16(21)18(23)20-14-7-8-15-13(11-14)10-12(2)19-15/h7-8,10-11,16,19H,3-6,9H2,1-2H3,(H,20,23)/t16-/m0/s1. The van der Waals surface area contributed by atoms with Gasteiger partial charge in [-0.25, -0.2) is 0 Å². The van der Waals surface area contributed by atoms with Crippen LogP contribution < -0.4 is 5.32 Å². The SMILES string of the molecule is CCC(=O)N1CCCC[C@H]1C(=O)Nc1ccc2[nH]c(C)cc2c1. The highest BCUT2D eigenvalue weighted by molar-refractivity contribution is 5.98. The number of hydrogen-bond donors (Lipinski definition) is 2. The highest BCUT2D eigenvalue weighted by Crippen LogP contribution is 2.22. The minimum Gasteiger partial charge on any atom is -0.359 e. The second kappa shape index (κ2) is 6.44. The molecule has 2 N–H and O–H groups in total. The second-order valence-corrected chi connectivity index (χ2v) is 6.20. The first-order chi connectivity index (χ1) is 11.1. The molecule has 0 unspecified atom stereocenters. The maximum absolute atomic E-state index is 12.6. The van der Waals surface area contributed by atoms with Crippen molar-refractivity contribution in [3.05, 3.63) is 30.0 Å². The van der Waals surface area contributed by atoms with Gasteiger partial charge in [-0.3, -0.25) is 9.59 Å². The number of aryl methyl sites for hydroxylation is 1. The van der Waals surface area contributed by atoms with Crippen LogP contribution in [-0.2, 0) is 9.59 Å². The van der Waals surface area contributed by atoms with Crippen LogP contribution in [0.25, 0.3) is 10.9 Å². The average molecular weight is 313 g/mol. The van der Waals surface area contributed by atoms with Gasteiger partial charge in [-0.15, -0.1) is 0 Å². The van der Waals surface area contributed by atoms with Gasteiger partial charge >= 0.3 is 0 Å². The van der Waals surface area contributed by atoms with Crippen molar-refractivity contribution in [3.8, 4) is 0 Å². The molecular formula is C18H23N3O2. The van der Waals surface area contributed by atoms with E-state index in [-0.39, 0.29) is 17.9 Å². The number of H-pyrrole nitrogens is 1. The number of aromatic amines is 1. The summed E-state index contributed by atoms with van der Waals surface area (Å²) < 4.78 is 0. The van der Waals surface area contributed by atoms with Crippen LogP contribution >= 0.6 is 0 Å². The molecule has 3 rings (SSSR count). The molecule has 2 aromatic rings. The zero-order valence-electron chi connectivity index (χ0n) is 13.7. The number of piperidine rings is 1. The van der Waals surface area contributed by atoms with Crippen molar-refractivity contribution >= 4 is 28.4 Å². The van der Waals surface area contributed by atoms with Gasteiger partial charge in [0, 0.05) is 35.2 Å². The zero-order valence-corrected chi connectivity index (χ0v) is 13.7. The van der Waals surface area contributed by atoms with Crippen molar-refractivity contribution in [1.82, 2.24) is 9.88 Å². The lowest BCUT2D eigenvalue weighted by molar-refractivity contribution is -0.140. The lowest BCUT2D eigenvalue weighted by Crippen LogP contribution is -2.49. The van der Waals surface area contributed by atoms with Crippen LogP contribution in [0, 0.1) is 6.92 Å². The van der Waals surface area contributed by atoms with Crippen LogP contribution in [0.2, 0.25) is 0 Å².